The quantitative estimate of drug-likeness (QED) is 0.785. The Balaban J connectivity index is 2.77. The van der Waals surface area contributed by atoms with Crippen LogP contribution in [0, 0.1) is 0 Å². The zero-order valence-electron chi connectivity index (χ0n) is 11.9. The van der Waals surface area contributed by atoms with Crippen molar-refractivity contribution in [2.24, 2.45) is 0 Å². The van der Waals surface area contributed by atoms with Crippen molar-refractivity contribution in [1.29, 1.82) is 0 Å². The maximum Gasteiger partial charge on any atom is 0.304 e. The van der Waals surface area contributed by atoms with Gasteiger partial charge in [0.15, 0.2) is 0 Å². The lowest BCUT2D eigenvalue weighted by Crippen LogP contribution is -2.34. The Morgan fingerprint density at radius 1 is 1.37 bits per heavy atom. The van der Waals surface area contributed by atoms with Gasteiger partial charge in [0.2, 0.25) is 0 Å². The summed E-state index contributed by atoms with van der Waals surface area (Å²) < 4.78 is 5.60. The van der Waals surface area contributed by atoms with Gasteiger partial charge in [0.1, 0.15) is 5.75 Å². The van der Waals surface area contributed by atoms with Gasteiger partial charge in [0.25, 0.3) is 0 Å². The minimum Gasteiger partial charge on any atom is -0.494 e. The molecule has 106 valence electrons. The molecule has 1 aromatic carbocycles. The minimum atomic E-state index is -0.760. The van der Waals surface area contributed by atoms with Crippen LogP contribution in [0.1, 0.15) is 32.8 Å². The molecule has 1 rings (SSSR count). The summed E-state index contributed by atoms with van der Waals surface area (Å²) in [7, 11) is 0. The highest BCUT2D eigenvalue weighted by atomic mass is 16.5. The van der Waals surface area contributed by atoms with Gasteiger partial charge in [-0.25, -0.2) is 0 Å². The van der Waals surface area contributed by atoms with Gasteiger partial charge < -0.3 is 9.84 Å². The molecule has 0 heterocycles. The number of rotatable bonds is 8. The fourth-order valence-corrected chi connectivity index (χ4v) is 2.11. The first kappa shape index (κ1) is 15.5. The molecule has 19 heavy (non-hydrogen) atoms. The van der Waals surface area contributed by atoms with Crippen molar-refractivity contribution in [3.8, 4) is 5.75 Å². The summed E-state index contributed by atoms with van der Waals surface area (Å²) in [5.74, 6) is 0.120. The van der Waals surface area contributed by atoms with Crippen LogP contribution in [0.3, 0.4) is 0 Å². The van der Waals surface area contributed by atoms with Crippen molar-refractivity contribution in [2.75, 3.05) is 13.2 Å². The number of carboxylic acids is 1. The summed E-state index contributed by atoms with van der Waals surface area (Å²) in [6, 6.07) is 7.92. The Bertz CT molecular complexity index is 406. The molecule has 0 aliphatic carbocycles. The van der Waals surface area contributed by atoms with E-state index in [0.717, 1.165) is 17.9 Å². The topological polar surface area (TPSA) is 49.8 Å². The predicted octanol–water partition coefficient (Wildman–Crippen LogP) is 2.77. The van der Waals surface area contributed by atoms with E-state index in [-0.39, 0.29) is 12.5 Å². The second-order valence-corrected chi connectivity index (χ2v) is 4.55. The van der Waals surface area contributed by atoms with E-state index in [4.69, 9.17) is 9.84 Å². The molecule has 0 bridgehead atoms. The van der Waals surface area contributed by atoms with Crippen molar-refractivity contribution < 1.29 is 14.6 Å². The largest absolute Gasteiger partial charge is 0.494 e. The van der Waals surface area contributed by atoms with E-state index in [9.17, 15) is 4.79 Å². The molecule has 4 heteroatoms. The first-order valence-corrected chi connectivity index (χ1v) is 6.75. The van der Waals surface area contributed by atoms with Crippen LogP contribution in [0.4, 0.5) is 0 Å². The van der Waals surface area contributed by atoms with Gasteiger partial charge in [-0.2, -0.15) is 0 Å². The van der Waals surface area contributed by atoms with Gasteiger partial charge in [-0.15, -0.1) is 0 Å². The zero-order chi connectivity index (χ0) is 14.3. The van der Waals surface area contributed by atoms with Crippen molar-refractivity contribution >= 4 is 5.97 Å². The number of hydrogen-bond acceptors (Lipinski definition) is 3. The Labute approximate surface area is 115 Å². The minimum absolute atomic E-state index is 0.0113. The standard InChI is InChI=1S/C15H23NO3/c1-4-16(12(3)10-15(17)18)11-13-8-6-7-9-14(13)19-5-2/h6-9,12H,4-5,10-11H2,1-3H3,(H,17,18). The molecule has 4 nitrogen and oxygen atoms in total. The summed E-state index contributed by atoms with van der Waals surface area (Å²) in [5, 5.41) is 8.88. The maximum atomic E-state index is 10.8. The molecule has 1 aromatic rings. The van der Waals surface area contributed by atoms with Gasteiger partial charge in [0.05, 0.1) is 13.0 Å². The van der Waals surface area contributed by atoms with Crippen molar-refractivity contribution in [3.63, 3.8) is 0 Å². The average molecular weight is 265 g/mol. The van der Waals surface area contributed by atoms with E-state index in [0.29, 0.717) is 13.2 Å². The van der Waals surface area contributed by atoms with Crippen LogP contribution >= 0.6 is 0 Å². The fraction of sp³-hybridized carbons (Fsp3) is 0.533. The van der Waals surface area contributed by atoms with Crippen LogP contribution in [0.25, 0.3) is 0 Å². The third-order valence-electron chi connectivity index (χ3n) is 3.15. The van der Waals surface area contributed by atoms with E-state index in [1.165, 1.54) is 0 Å². The van der Waals surface area contributed by atoms with E-state index in [1.807, 2.05) is 45.0 Å². The van der Waals surface area contributed by atoms with Crippen molar-refractivity contribution in [2.45, 2.75) is 39.8 Å². The predicted molar refractivity (Wildman–Crippen MR) is 75.4 cm³/mol. The number of ether oxygens (including phenoxy) is 1. The number of carbonyl (C=O) groups is 1. The highest BCUT2D eigenvalue weighted by Gasteiger charge is 2.17. The first-order valence-electron chi connectivity index (χ1n) is 6.75. The van der Waals surface area contributed by atoms with E-state index in [1.54, 1.807) is 0 Å². The van der Waals surface area contributed by atoms with Crippen LogP contribution in [0.5, 0.6) is 5.75 Å². The van der Waals surface area contributed by atoms with Gasteiger partial charge in [0, 0.05) is 18.2 Å². The zero-order valence-corrected chi connectivity index (χ0v) is 11.9. The molecular weight excluding hydrogens is 242 g/mol. The van der Waals surface area contributed by atoms with E-state index in [2.05, 4.69) is 4.90 Å². The maximum absolute atomic E-state index is 10.8. The van der Waals surface area contributed by atoms with Crippen molar-refractivity contribution in [1.82, 2.24) is 4.90 Å². The summed E-state index contributed by atoms with van der Waals surface area (Å²) in [6.45, 7) is 8.10. The Kier molecular flexibility index (Phi) is 6.36. The molecule has 0 amide bonds. The average Bonchev–Trinajstić information content (AvgIpc) is 2.37. The smallest absolute Gasteiger partial charge is 0.304 e. The molecule has 1 N–H and O–H groups in total. The molecule has 0 spiro atoms. The molecule has 0 saturated carbocycles. The second kappa shape index (κ2) is 7.79. The number of benzene rings is 1. The Morgan fingerprint density at radius 3 is 2.63 bits per heavy atom. The second-order valence-electron chi connectivity index (χ2n) is 4.55. The SMILES string of the molecule is CCOc1ccccc1CN(CC)C(C)CC(=O)O. The summed E-state index contributed by atoms with van der Waals surface area (Å²) in [5.41, 5.74) is 1.10. The fourth-order valence-electron chi connectivity index (χ4n) is 2.11. The van der Waals surface area contributed by atoms with Crippen LogP contribution in [0.15, 0.2) is 24.3 Å². The molecule has 1 unspecified atom stereocenters. The lowest BCUT2D eigenvalue weighted by molar-refractivity contribution is -0.138. The molecular formula is C15H23NO3. The number of nitrogens with zero attached hydrogens (tertiary/aromatic N) is 1. The molecule has 0 saturated heterocycles. The molecule has 0 fully saturated rings. The lowest BCUT2D eigenvalue weighted by Gasteiger charge is -2.27. The number of aliphatic carboxylic acids is 1. The summed E-state index contributed by atoms with van der Waals surface area (Å²) in [6.07, 6.45) is 0.157. The van der Waals surface area contributed by atoms with Crippen LogP contribution < -0.4 is 4.74 Å². The number of para-hydroxylation sites is 1. The summed E-state index contributed by atoms with van der Waals surface area (Å²) >= 11 is 0. The normalized spacial score (nSPS) is 12.4. The molecule has 1 atom stereocenters. The Hall–Kier alpha value is -1.55. The van der Waals surface area contributed by atoms with E-state index >= 15 is 0 Å². The van der Waals surface area contributed by atoms with Gasteiger partial charge in [-0.3, -0.25) is 9.69 Å². The third kappa shape index (κ3) is 4.91. The van der Waals surface area contributed by atoms with Crippen LogP contribution in [0.2, 0.25) is 0 Å². The van der Waals surface area contributed by atoms with Crippen LogP contribution in [-0.2, 0) is 11.3 Å². The number of hydrogen-bond donors (Lipinski definition) is 1. The van der Waals surface area contributed by atoms with Crippen LogP contribution in [-0.4, -0.2) is 35.2 Å². The number of carboxylic acid groups (broad SMARTS) is 1. The van der Waals surface area contributed by atoms with Gasteiger partial charge >= 0.3 is 5.97 Å². The Morgan fingerprint density at radius 2 is 2.05 bits per heavy atom. The highest BCUT2D eigenvalue weighted by Crippen LogP contribution is 2.21. The van der Waals surface area contributed by atoms with E-state index < -0.39 is 5.97 Å². The monoisotopic (exact) mass is 265 g/mol. The molecule has 0 aliphatic rings. The van der Waals surface area contributed by atoms with Gasteiger partial charge in [-0.05, 0) is 26.5 Å². The summed E-state index contributed by atoms with van der Waals surface area (Å²) in [4.78, 5) is 12.9. The molecule has 0 aliphatic heterocycles. The molecule has 0 radical (unpaired) electrons. The molecule has 0 aromatic heterocycles. The van der Waals surface area contributed by atoms with Gasteiger partial charge in [-0.1, -0.05) is 25.1 Å². The third-order valence-corrected chi connectivity index (χ3v) is 3.15. The highest BCUT2D eigenvalue weighted by molar-refractivity contribution is 5.67. The first-order chi connectivity index (χ1) is 9.08. The lowest BCUT2D eigenvalue weighted by atomic mass is 10.1. The van der Waals surface area contributed by atoms with Crippen molar-refractivity contribution in [3.05, 3.63) is 29.8 Å².